The molecule has 12 aromatic heterocycles. The van der Waals surface area contributed by atoms with Crippen molar-refractivity contribution < 1.29 is 44.6 Å². The van der Waals surface area contributed by atoms with E-state index in [1.165, 1.54) is 19.5 Å². The molecule has 10 nitrogen and oxygen atoms in total. The van der Waals surface area contributed by atoms with Gasteiger partial charge in [-0.15, -0.1) is 56.4 Å². The number of pyridine rings is 6. The molecule has 0 saturated carbocycles. The van der Waals surface area contributed by atoms with E-state index in [1.807, 2.05) is 97.1 Å². The number of rotatable bonds is 5. The molecule has 16 aromatic rings. The minimum atomic E-state index is 0. The van der Waals surface area contributed by atoms with Gasteiger partial charge in [-0.05, 0) is 106 Å². The minimum absolute atomic E-state index is 0. The number of imidazole rings is 2. The fraction of sp³-hybridized carbons (Fsp3) is 0. The molecule has 0 atom stereocenters. The summed E-state index contributed by atoms with van der Waals surface area (Å²) in [6, 6.07) is 57.3. The fourth-order valence-electron chi connectivity index (χ4n) is 9.23. The Morgan fingerprint density at radius 1 is 0.325 bits per heavy atom. The monoisotopic (exact) mass is 1280 g/mol. The van der Waals surface area contributed by atoms with Crippen LogP contribution >= 0.6 is 45.3 Å². The van der Waals surface area contributed by atoms with Crippen LogP contribution in [0.15, 0.2) is 205 Å². The van der Waals surface area contributed by atoms with Crippen molar-refractivity contribution in [3.8, 4) is 52.3 Å². The van der Waals surface area contributed by atoms with Crippen molar-refractivity contribution in [1.82, 2.24) is 49.8 Å². The van der Waals surface area contributed by atoms with E-state index in [2.05, 4.69) is 113 Å². The molecular weight excluding hydrogens is 1250 g/mol. The van der Waals surface area contributed by atoms with Gasteiger partial charge in [-0.1, -0.05) is 84.9 Å². The minimum Gasteiger partial charge on any atom is -1.00 e. The molecule has 77 heavy (non-hydrogen) atoms. The first-order valence-electron chi connectivity index (χ1n) is 23.6. The molecule has 16 rings (SSSR count). The molecule has 12 heterocycles. The standard InChI is InChI=1S/2C21H11N4S2.C18H12N2.2ClH.Os/c2*1-4-12-17(22-9-1)18-13(5-2-10-23-18)20-19(12)24-21(25-20)16-8-7-15(27-16)14-6-3-11-26-14;1-3-7-15-13(5-1)9-11-17(19-15)18-12-10-14-6-2-4-8-16(14)20-18;;;/h2*1-11H;1-12H;2*1H;/q2*-1;;;;+4/p-2. The predicted molar refractivity (Wildman–Crippen MR) is 307 cm³/mol. The van der Waals surface area contributed by atoms with Crippen LogP contribution < -0.4 is 34.8 Å². The Bertz CT molecular complexity index is 4280. The number of fused-ring (bicyclic) bond motifs is 14. The van der Waals surface area contributed by atoms with Gasteiger partial charge in [-0.3, -0.25) is 9.97 Å². The van der Waals surface area contributed by atoms with Gasteiger partial charge in [0.25, 0.3) is 0 Å². The maximum atomic E-state index is 4.89. The van der Waals surface area contributed by atoms with Gasteiger partial charge >= 0.3 is 19.8 Å². The molecule has 0 saturated heterocycles. The zero-order chi connectivity index (χ0) is 49.0. The molecule has 0 fully saturated rings. The molecule has 0 aliphatic heterocycles. The van der Waals surface area contributed by atoms with Crippen LogP contribution in [0.4, 0.5) is 0 Å². The topological polar surface area (TPSA) is 131 Å². The molecule has 17 heteroatoms. The van der Waals surface area contributed by atoms with Crippen LogP contribution in [-0.4, -0.2) is 39.9 Å². The van der Waals surface area contributed by atoms with Crippen LogP contribution in [0.2, 0.25) is 0 Å². The second-order valence-electron chi connectivity index (χ2n) is 17.1. The SMILES string of the molecule is [Cl-].[Cl-].[Os+4].c1ccc2nc(-c3ccc4ccccc4n3)ccc2c1.c1csc(-c2ccc(-c3nc4c5cccnc5c5[n-]cccc5c4n3)s2)c1.c1csc(-c2ccc(-c3nc4c5cccnc5c5[n-]cccc5c4n3)s2)c1. The van der Waals surface area contributed by atoms with Crippen molar-refractivity contribution >= 4 is 133 Å². The first-order chi connectivity index (χ1) is 36.7. The summed E-state index contributed by atoms with van der Waals surface area (Å²) in [7, 11) is 0. The zero-order valence-electron chi connectivity index (χ0n) is 39.8. The van der Waals surface area contributed by atoms with Gasteiger partial charge in [0.15, 0.2) is 11.6 Å². The summed E-state index contributed by atoms with van der Waals surface area (Å²) >= 11 is 6.94. The third-order valence-corrected chi connectivity index (χ3v) is 17.0. The average molecular weight is 1280 g/mol. The van der Waals surface area contributed by atoms with Crippen LogP contribution in [-0.2, 0) is 19.8 Å². The molecule has 0 aliphatic carbocycles. The van der Waals surface area contributed by atoms with Gasteiger partial charge in [0.1, 0.15) is 11.0 Å². The van der Waals surface area contributed by atoms with E-state index in [4.69, 9.17) is 19.9 Å². The van der Waals surface area contributed by atoms with E-state index in [0.29, 0.717) is 0 Å². The van der Waals surface area contributed by atoms with Crippen molar-refractivity contribution in [1.29, 1.82) is 0 Å². The number of nitrogens with zero attached hydrogens (tertiary/aromatic N) is 10. The molecule has 370 valence electrons. The van der Waals surface area contributed by atoms with E-state index in [0.717, 1.165) is 120 Å². The zero-order valence-corrected chi connectivity index (χ0v) is 47.2. The summed E-state index contributed by atoms with van der Waals surface area (Å²) in [5.41, 5.74) is 10.9. The van der Waals surface area contributed by atoms with Gasteiger partial charge in [0.05, 0.1) is 54.2 Å². The molecule has 0 aliphatic rings. The first-order valence-corrected chi connectivity index (χ1v) is 27.0. The second kappa shape index (κ2) is 22.1. The van der Waals surface area contributed by atoms with Crippen LogP contribution in [0, 0.1) is 0 Å². The number of hydrogen-bond donors (Lipinski definition) is 0. The molecule has 4 aromatic carbocycles. The second-order valence-corrected chi connectivity index (χ2v) is 21.2. The predicted octanol–water partition coefficient (Wildman–Crippen LogP) is 9.95. The van der Waals surface area contributed by atoms with Crippen LogP contribution in [0.25, 0.3) is 140 Å². The van der Waals surface area contributed by atoms with Crippen molar-refractivity contribution in [2.45, 2.75) is 0 Å². The summed E-state index contributed by atoms with van der Waals surface area (Å²) in [5.74, 6) is 1.53. The van der Waals surface area contributed by atoms with Crippen molar-refractivity contribution in [3.63, 3.8) is 0 Å². The Morgan fingerprint density at radius 3 is 1.18 bits per heavy atom. The Balaban J connectivity index is 0.000000122. The average Bonchev–Trinajstić information content (AvgIpc) is 4.45. The summed E-state index contributed by atoms with van der Waals surface area (Å²) in [6.07, 6.45) is 7.19. The van der Waals surface area contributed by atoms with Crippen LogP contribution in [0.5, 0.6) is 0 Å². The smallest absolute Gasteiger partial charge is 1.00 e. The largest absolute Gasteiger partial charge is 4.00 e. The van der Waals surface area contributed by atoms with Crippen molar-refractivity contribution in [2.75, 3.05) is 0 Å². The summed E-state index contributed by atoms with van der Waals surface area (Å²) in [5, 5.41) is 10.5. The summed E-state index contributed by atoms with van der Waals surface area (Å²) in [4.78, 5) is 54.3. The number of aromatic nitrogens is 10. The van der Waals surface area contributed by atoms with E-state index in [9.17, 15) is 0 Å². The Labute approximate surface area is 481 Å². The third-order valence-electron chi connectivity index (χ3n) is 12.7. The maximum Gasteiger partial charge on any atom is 4.00 e. The Hall–Kier alpha value is -7.70. The Morgan fingerprint density at radius 2 is 0.740 bits per heavy atom. The number of benzene rings is 4. The van der Waals surface area contributed by atoms with Gasteiger partial charge in [0.2, 0.25) is 0 Å². The van der Waals surface area contributed by atoms with Gasteiger partial charge in [-0.2, -0.15) is 12.4 Å². The Kier molecular flexibility index (Phi) is 14.8. The molecule has 0 radical (unpaired) electrons. The summed E-state index contributed by atoms with van der Waals surface area (Å²) < 4.78 is 0. The van der Waals surface area contributed by atoms with E-state index in [1.54, 1.807) is 70.1 Å². The van der Waals surface area contributed by atoms with Gasteiger partial charge in [0, 0.05) is 53.4 Å². The number of thiophene rings is 4. The number of hydrogen-bond acceptors (Lipinski definition) is 12. The van der Waals surface area contributed by atoms with Crippen LogP contribution in [0.1, 0.15) is 0 Å². The molecule has 0 amide bonds. The fourth-order valence-corrected chi connectivity index (χ4v) is 12.8. The van der Waals surface area contributed by atoms with E-state index >= 15 is 0 Å². The van der Waals surface area contributed by atoms with E-state index < -0.39 is 0 Å². The van der Waals surface area contributed by atoms with Gasteiger partial charge in [-0.25, -0.2) is 29.9 Å². The molecule has 0 unspecified atom stereocenters. The van der Waals surface area contributed by atoms with Gasteiger partial charge < -0.3 is 34.8 Å². The number of para-hydroxylation sites is 2. The first kappa shape index (κ1) is 51.4. The molecule has 0 N–H and O–H groups in total. The molecule has 0 bridgehead atoms. The third kappa shape index (κ3) is 9.66. The van der Waals surface area contributed by atoms with Crippen LogP contribution in [0.3, 0.4) is 0 Å². The maximum absolute atomic E-state index is 4.89. The van der Waals surface area contributed by atoms with Crippen molar-refractivity contribution in [2.24, 2.45) is 0 Å². The normalized spacial score (nSPS) is 11.1. The summed E-state index contributed by atoms with van der Waals surface area (Å²) in [6.45, 7) is 0. The number of halogens is 2. The van der Waals surface area contributed by atoms with Crippen molar-refractivity contribution in [3.05, 3.63) is 205 Å². The quantitative estimate of drug-likeness (QED) is 0.154. The molecular formula is C60H34Cl2N10OsS4. The van der Waals surface area contributed by atoms with E-state index in [-0.39, 0.29) is 44.6 Å². The molecule has 0 spiro atoms.